The van der Waals surface area contributed by atoms with Gasteiger partial charge in [0, 0.05) is 11.9 Å². The van der Waals surface area contributed by atoms with Gasteiger partial charge in [0.2, 0.25) is 0 Å². The summed E-state index contributed by atoms with van der Waals surface area (Å²) in [5.41, 5.74) is 7.38. The van der Waals surface area contributed by atoms with E-state index < -0.39 is 0 Å². The first kappa shape index (κ1) is 6.80. The summed E-state index contributed by atoms with van der Waals surface area (Å²) in [4.78, 5) is 4.05. The van der Waals surface area contributed by atoms with Crippen molar-refractivity contribution in [2.75, 3.05) is 5.73 Å². The third-order valence-corrected chi connectivity index (χ3v) is 2.50. The van der Waals surface area contributed by atoms with E-state index in [1.54, 1.807) is 12.3 Å². The molecule has 0 spiro atoms. The topological polar surface area (TPSA) is 38.9 Å². The second-order valence-corrected chi connectivity index (χ2v) is 2.88. The molecule has 1 rings (SSSR count). The van der Waals surface area contributed by atoms with Crippen LogP contribution in [-0.2, 0) is 0 Å². The van der Waals surface area contributed by atoms with Crippen molar-refractivity contribution < 1.29 is 0 Å². The van der Waals surface area contributed by atoms with Gasteiger partial charge in [-0.15, -0.1) is 0 Å². The number of aryl methyl sites for hydroxylation is 1. The van der Waals surface area contributed by atoms with Crippen LogP contribution in [0.1, 0.15) is 5.69 Å². The fourth-order valence-electron chi connectivity index (χ4n) is 0.568. The third-order valence-electron chi connectivity index (χ3n) is 1.09. The summed E-state index contributed by atoms with van der Waals surface area (Å²) in [6, 6.07) is 1.80. The molecule has 0 aliphatic rings. The van der Waals surface area contributed by atoms with Crippen molar-refractivity contribution >= 4 is 28.3 Å². The number of rotatable bonds is 0. The zero-order chi connectivity index (χ0) is 6.85. The Morgan fingerprint density at radius 2 is 2.33 bits per heavy atom. The first-order chi connectivity index (χ1) is 4.22. The molecule has 0 amide bonds. The molecular weight excluding hydrogens is 227 g/mol. The molecule has 0 radical (unpaired) electrons. The highest BCUT2D eigenvalue weighted by atomic mass is 127. The second-order valence-electron chi connectivity index (χ2n) is 1.80. The Morgan fingerprint density at radius 1 is 1.67 bits per heavy atom. The van der Waals surface area contributed by atoms with Crippen molar-refractivity contribution in [3.05, 3.63) is 21.5 Å². The predicted octanol–water partition coefficient (Wildman–Crippen LogP) is 1.58. The molecule has 3 heteroatoms. The van der Waals surface area contributed by atoms with Crippen molar-refractivity contribution in [1.29, 1.82) is 0 Å². The molecule has 2 nitrogen and oxygen atoms in total. The fraction of sp³-hybridized carbons (Fsp3) is 0.167. The molecule has 0 bridgehead atoms. The van der Waals surface area contributed by atoms with Crippen LogP contribution in [0.3, 0.4) is 0 Å². The maximum atomic E-state index is 5.57. The molecule has 0 aromatic carbocycles. The Bertz CT molecular complexity index is 202. The standard InChI is InChI=1S/C6H7IN2/c1-4-6(7)5(8)2-3-9-4/h2-3H,1H3,(H2,8,9). The zero-order valence-electron chi connectivity index (χ0n) is 5.06. The van der Waals surface area contributed by atoms with E-state index >= 15 is 0 Å². The molecule has 48 valence electrons. The predicted molar refractivity (Wildman–Crippen MR) is 46.1 cm³/mol. The van der Waals surface area contributed by atoms with Crippen LogP contribution in [-0.4, -0.2) is 4.98 Å². The molecule has 1 heterocycles. The van der Waals surface area contributed by atoms with Crippen molar-refractivity contribution in [2.24, 2.45) is 0 Å². The minimum atomic E-state index is 0.808. The Balaban J connectivity index is 3.25. The van der Waals surface area contributed by atoms with Gasteiger partial charge < -0.3 is 5.73 Å². The van der Waals surface area contributed by atoms with Gasteiger partial charge in [-0.25, -0.2) is 0 Å². The Labute approximate surface area is 67.6 Å². The first-order valence-electron chi connectivity index (χ1n) is 2.58. The van der Waals surface area contributed by atoms with Crippen molar-refractivity contribution in [1.82, 2.24) is 4.98 Å². The van der Waals surface area contributed by atoms with Crippen LogP contribution >= 0.6 is 22.6 Å². The van der Waals surface area contributed by atoms with E-state index in [-0.39, 0.29) is 0 Å². The lowest BCUT2D eigenvalue weighted by molar-refractivity contribution is 1.18. The molecule has 0 unspecified atom stereocenters. The highest BCUT2D eigenvalue weighted by Gasteiger charge is 1.96. The fourth-order valence-corrected chi connectivity index (χ4v) is 0.887. The smallest absolute Gasteiger partial charge is 0.0572 e. The number of aromatic nitrogens is 1. The van der Waals surface area contributed by atoms with Crippen LogP contribution in [0, 0.1) is 10.5 Å². The van der Waals surface area contributed by atoms with Crippen LogP contribution in [0.25, 0.3) is 0 Å². The molecule has 0 saturated carbocycles. The summed E-state index contributed by atoms with van der Waals surface area (Å²) < 4.78 is 1.05. The molecule has 1 aromatic heterocycles. The lowest BCUT2D eigenvalue weighted by Crippen LogP contribution is -1.93. The van der Waals surface area contributed by atoms with E-state index in [0.717, 1.165) is 15.0 Å². The number of hydrogen-bond acceptors (Lipinski definition) is 2. The van der Waals surface area contributed by atoms with Gasteiger partial charge in [0.05, 0.1) is 9.26 Å². The van der Waals surface area contributed by atoms with Gasteiger partial charge in [0.25, 0.3) is 0 Å². The van der Waals surface area contributed by atoms with E-state index in [9.17, 15) is 0 Å². The minimum Gasteiger partial charge on any atom is -0.398 e. The number of nitrogens with zero attached hydrogens (tertiary/aromatic N) is 1. The number of pyridine rings is 1. The molecule has 0 atom stereocenters. The zero-order valence-corrected chi connectivity index (χ0v) is 7.21. The number of nitrogen functional groups attached to an aromatic ring is 1. The third kappa shape index (κ3) is 1.32. The summed E-state index contributed by atoms with van der Waals surface area (Å²) in [5.74, 6) is 0. The molecule has 0 aliphatic heterocycles. The van der Waals surface area contributed by atoms with Crippen molar-refractivity contribution in [3.63, 3.8) is 0 Å². The Hall–Kier alpha value is -0.320. The molecule has 1 aromatic rings. The first-order valence-corrected chi connectivity index (χ1v) is 3.66. The monoisotopic (exact) mass is 234 g/mol. The van der Waals surface area contributed by atoms with Crippen LogP contribution in [0.5, 0.6) is 0 Å². The summed E-state index contributed by atoms with van der Waals surface area (Å²) in [5, 5.41) is 0. The number of nitrogens with two attached hydrogens (primary N) is 1. The van der Waals surface area contributed by atoms with Crippen LogP contribution in [0.2, 0.25) is 0 Å². The van der Waals surface area contributed by atoms with Crippen molar-refractivity contribution in [2.45, 2.75) is 6.92 Å². The molecule has 2 N–H and O–H groups in total. The van der Waals surface area contributed by atoms with Gasteiger partial charge in [0.1, 0.15) is 0 Å². The summed E-state index contributed by atoms with van der Waals surface area (Å²) >= 11 is 2.18. The number of hydrogen-bond donors (Lipinski definition) is 1. The van der Waals surface area contributed by atoms with E-state index in [1.807, 2.05) is 6.92 Å². The highest BCUT2D eigenvalue weighted by molar-refractivity contribution is 14.1. The van der Waals surface area contributed by atoms with Crippen molar-refractivity contribution in [3.8, 4) is 0 Å². The second kappa shape index (κ2) is 2.51. The average Bonchev–Trinajstić information content (AvgIpc) is 1.83. The molecule has 0 aliphatic carbocycles. The Morgan fingerprint density at radius 3 is 2.78 bits per heavy atom. The van der Waals surface area contributed by atoms with Crippen LogP contribution < -0.4 is 5.73 Å². The van der Waals surface area contributed by atoms with Gasteiger partial charge in [0.15, 0.2) is 0 Å². The lowest BCUT2D eigenvalue weighted by Gasteiger charge is -1.97. The van der Waals surface area contributed by atoms with Gasteiger partial charge in [-0.05, 0) is 35.6 Å². The Kier molecular flexibility index (Phi) is 1.90. The highest BCUT2D eigenvalue weighted by Crippen LogP contribution is 2.15. The summed E-state index contributed by atoms with van der Waals surface area (Å²) in [6.07, 6.45) is 1.72. The minimum absolute atomic E-state index is 0.808. The quantitative estimate of drug-likeness (QED) is 0.692. The average molecular weight is 234 g/mol. The number of anilines is 1. The lowest BCUT2D eigenvalue weighted by atomic mass is 10.3. The van der Waals surface area contributed by atoms with Crippen LogP contribution in [0.4, 0.5) is 5.69 Å². The largest absolute Gasteiger partial charge is 0.398 e. The molecule has 0 saturated heterocycles. The summed E-state index contributed by atoms with van der Waals surface area (Å²) in [6.45, 7) is 1.94. The van der Waals surface area contributed by atoms with Gasteiger partial charge in [-0.1, -0.05) is 0 Å². The maximum absolute atomic E-state index is 5.57. The number of halogens is 1. The van der Waals surface area contributed by atoms with E-state index in [2.05, 4.69) is 27.6 Å². The van der Waals surface area contributed by atoms with Gasteiger partial charge in [-0.3, -0.25) is 4.98 Å². The van der Waals surface area contributed by atoms with E-state index in [0.29, 0.717) is 0 Å². The van der Waals surface area contributed by atoms with E-state index in [1.165, 1.54) is 0 Å². The van der Waals surface area contributed by atoms with Crippen LogP contribution in [0.15, 0.2) is 12.3 Å². The van der Waals surface area contributed by atoms with Gasteiger partial charge >= 0.3 is 0 Å². The van der Waals surface area contributed by atoms with Gasteiger partial charge in [-0.2, -0.15) is 0 Å². The maximum Gasteiger partial charge on any atom is 0.0572 e. The molecule has 0 fully saturated rings. The molecular formula is C6H7IN2. The van der Waals surface area contributed by atoms with E-state index in [4.69, 9.17) is 5.73 Å². The SMILES string of the molecule is Cc1nccc(N)c1I. The molecule has 9 heavy (non-hydrogen) atoms. The summed E-state index contributed by atoms with van der Waals surface area (Å²) in [7, 11) is 0. The normalized spacial score (nSPS) is 9.56.